The molecule has 0 saturated heterocycles. The molecular weight excluding hydrogens is 314 g/mol. The van der Waals surface area contributed by atoms with Gasteiger partial charge in [-0.1, -0.05) is 13.8 Å². The monoisotopic (exact) mass is 335 g/mol. The zero-order chi connectivity index (χ0) is 15.3. The number of rotatable bonds is 6. The van der Waals surface area contributed by atoms with Crippen molar-refractivity contribution in [1.82, 2.24) is 0 Å². The summed E-state index contributed by atoms with van der Waals surface area (Å²) in [6, 6.07) is 5.85. The lowest BCUT2D eigenvalue weighted by molar-refractivity contribution is -0.118. The van der Waals surface area contributed by atoms with E-state index in [-0.39, 0.29) is 30.0 Å². The van der Waals surface area contributed by atoms with Crippen molar-refractivity contribution in [3.63, 3.8) is 0 Å². The molecule has 0 saturated carbocycles. The largest absolute Gasteiger partial charge is 0.325 e. The first-order valence-corrected chi connectivity index (χ1v) is 8.07. The molecule has 1 amide bonds. The third-order valence-corrected chi connectivity index (χ3v) is 4.13. The van der Waals surface area contributed by atoms with Crippen LogP contribution in [0.25, 0.3) is 0 Å². The molecule has 8 heteroatoms. The van der Waals surface area contributed by atoms with Crippen molar-refractivity contribution in [1.29, 1.82) is 0 Å². The van der Waals surface area contributed by atoms with Gasteiger partial charge in [-0.2, -0.15) is 0 Å². The Labute approximate surface area is 132 Å². The molecule has 0 unspecified atom stereocenters. The van der Waals surface area contributed by atoms with Gasteiger partial charge in [-0.05, 0) is 37.1 Å². The lowest BCUT2D eigenvalue weighted by atomic mass is 10.0. The second-order valence-corrected chi connectivity index (χ2v) is 6.85. The fourth-order valence-corrected chi connectivity index (χ4v) is 2.04. The molecular formula is C13H22ClN3O3S. The third kappa shape index (κ3) is 6.33. The van der Waals surface area contributed by atoms with Crippen molar-refractivity contribution in [2.45, 2.75) is 26.8 Å². The van der Waals surface area contributed by atoms with Crippen LogP contribution in [0.4, 0.5) is 11.4 Å². The highest BCUT2D eigenvalue weighted by Crippen LogP contribution is 2.15. The summed E-state index contributed by atoms with van der Waals surface area (Å²) in [5.74, 6) is -0.207. The second-order valence-electron chi connectivity index (χ2n) is 4.84. The van der Waals surface area contributed by atoms with E-state index in [1.54, 1.807) is 31.2 Å². The Bertz CT molecular complexity index is 559. The van der Waals surface area contributed by atoms with E-state index < -0.39 is 16.1 Å². The van der Waals surface area contributed by atoms with Crippen molar-refractivity contribution in [2.75, 3.05) is 15.8 Å². The molecule has 1 aromatic rings. The van der Waals surface area contributed by atoms with E-state index >= 15 is 0 Å². The van der Waals surface area contributed by atoms with Crippen LogP contribution in [0.15, 0.2) is 24.3 Å². The SMILES string of the molecule is CCS(=O)(=O)Nc1ccc(NC(=O)[C@H](N)C(C)C)cc1.Cl. The van der Waals surface area contributed by atoms with Crippen molar-refractivity contribution in [3.8, 4) is 0 Å². The molecule has 0 aromatic heterocycles. The van der Waals surface area contributed by atoms with Gasteiger partial charge < -0.3 is 11.1 Å². The molecule has 21 heavy (non-hydrogen) atoms. The van der Waals surface area contributed by atoms with Crippen LogP contribution in [0, 0.1) is 5.92 Å². The zero-order valence-corrected chi connectivity index (χ0v) is 13.9. The summed E-state index contributed by atoms with van der Waals surface area (Å²) < 4.78 is 25.2. The Morgan fingerprint density at radius 2 is 1.67 bits per heavy atom. The Kier molecular flexibility index (Phi) is 7.70. The van der Waals surface area contributed by atoms with Gasteiger partial charge >= 0.3 is 0 Å². The highest BCUT2D eigenvalue weighted by Gasteiger charge is 2.17. The molecule has 0 aliphatic rings. The highest BCUT2D eigenvalue weighted by atomic mass is 35.5. The molecule has 4 N–H and O–H groups in total. The third-order valence-electron chi connectivity index (χ3n) is 2.83. The standard InChI is InChI=1S/C13H21N3O3S.ClH/c1-4-20(18,19)16-11-7-5-10(6-8-11)15-13(17)12(14)9(2)3;/h5-9,12,16H,4,14H2,1-3H3,(H,15,17);1H/t12-;/m1./s1. The summed E-state index contributed by atoms with van der Waals surface area (Å²) in [7, 11) is -3.29. The van der Waals surface area contributed by atoms with E-state index in [0.29, 0.717) is 11.4 Å². The molecule has 1 aromatic carbocycles. The van der Waals surface area contributed by atoms with Crippen molar-refractivity contribution in [2.24, 2.45) is 11.7 Å². The van der Waals surface area contributed by atoms with Gasteiger partial charge in [0.25, 0.3) is 0 Å². The molecule has 0 bridgehead atoms. The minimum Gasteiger partial charge on any atom is -0.325 e. The summed E-state index contributed by atoms with van der Waals surface area (Å²) in [5.41, 5.74) is 6.77. The minimum atomic E-state index is -3.29. The Morgan fingerprint density at radius 1 is 1.19 bits per heavy atom. The molecule has 0 aliphatic heterocycles. The summed E-state index contributed by atoms with van der Waals surface area (Å²) in [4.78, 5) is 11.8. The van der Waals surface area contributed by atoms with Crippen LogP contribution in [0.3, 0.4) is 0 Å². The fraction of sp³-hybridized carbons (Fsp3) is 0.462. The Morgan fingerprint density at radius 3 is 2.10 bits per heavy atom. The Hall–Kier alpha value is -1.31. The first-order valence-electron chi connectivity index (χ1n) is 6.42. The van der Waals surface area contributed by atoms with Gasteiger partial charge in [-0.3, -0.25) is 9.52 Å². The van der Waals surface area contributed by atoms with Crippen LogP contribution in [0.2, 0.25) is 0 Å². The van der Waals surface area contributed by atoms with Crippen molar-refractivity contribution < 1.29 is 13.2 Å². The molecule has 0 fully saturated rings. The smallest absolute Gasteiger partial charge is 0.241 e. The number of hydrogen-bond acceptors (Lipinski definition) is 4. The first-order chi connectivity index (χ1) is 9.25. The number of carbonyl (C=O) groups excluding carboxylic acids is 1. The van der Waals surface area contributed by atoms with Crippen molar-refractivity contribution in [3.05, 3.63) is 24.3 Å². The van der Waals surface area contributed by atoms with Gasteiger partial charge in [-0.25, -0.2) is 8.42 Å². The maximum absolute atomic E-state index is 11.8. The topological polar surface area (TPSA) is 101 Å². The maximum atomic E-state index is 11.8. The maximum Gasteiger partial charge on any atom is 0.241 e. The van der Waals surface area contributed by atoms with Crippen LogP contribution in [0.1, 0.15) is 20.8 Å². The zero-order valence-electron chi connectivity index (χ0n) is 12.3. The number of anilines is 2. The van der Waals surface area contributed by atoms with E-state index in [2.05, 4.69) is 10.0 Å². The van der Waals surface area contributed by atoms with Gasteiger partial charge in [0.05, 0.1) is 11.8 Å². The van der Waals surface area contributed by atoms with Crippen LogP contribution in [-0.4, -0.2) is 26.1 Å². The lowest BCUT2D eigenvalue weighted by Crippen LogP contribution is -2.39. The van der Waals surface area contributed by atoms with E-state index in [4.69, 9.17) is 5.73 Å². The summed E-state index contributed by atoms with van der Waals surface area (Å²) in [6.45, 7) is 5.30. The van der Waals surface area contributed by atoms with Crippen LogP contribution >= 0.6 is 12.4 Å². The Balaban J connectivity index is 0.00000400. The number of nitrogens with two attached hydrogens (primary N) is 1. The average molecular weight is 336 g/mol. The molecule has 0 aliphatic carbocycles. The van der Waals surface area contributed by atoms with Crippen LogP contribution < -0.4 is 15.8 Å². The van der Waals surface area contributed by atoms with E-state index in [0.717, 1.165) is 0 Å². The lowest BCUT2D eigenvalue weighted by Gasteiger charge is -2.15. The quantitative estimate of drug-likeness (QED) is 0.737. The van der Waals surface area contributed by atoms with Gasteiger partial charge in [0, 0.05) is 11.4 Å². The normalized spacial score (nSPS) is 12.4. The van der Waals surface area contributed by atoms with Crippen molar-refractivity contribution >= 4 is 39.7 Å². The number of nitrogens with one attached hydrogen (secondary N) is 2. The average Bonchev–Trinajstić information content (AvgIpc) is 2.39. The molecule has 1 rings (SSSR count). The van der Waals surface area contributed by atoms with E-state index in [1.807, 2.05) is 13.8 Å². The first kappa shape index (κ1) is 19.7. The highest BCUT2D eigenvalue weighted by molar-refractivity contribution is 7.92. The number of hydrogen-bond donors (Lipinski definition) is 3. The van der Waals surface area contributed by atoms with Gasteiger partial charge in [-0.15, -0.1) is 12.4 Å². The van der Waals surface area contributed by atoms with Gasteiger partial charge in [0.1, 0.15) is 0 Å². The number of amides is 1. The number of sulfonamides is 1. The predicted octanol–water partition coefficient (Wildman–Crippen LogP) is 1.79. The summed E-state index contributed by atoms with van der Waals surface area (Å²) >= 11 is 0. The minimum absolute atomic E-state index is 0. The fourth-order valence-electron chi connectivity index (χ4n) is 1.40. The predicted molar refractivity (Wildman–Crippen MR) is 88.2 cm³/mol. The van der Waals surface area contributed by atoms with E-state index in [9.17, 15) is 13.2 Å². The van der Waals surface area contributed by atoms with Gasteiger partial charge in [0.2, 0.25) is 15.9 Å². The molecule has 0 radical (unpaired) electrons. The van der Waals surface area contributed by atoms with E-state index in [1.165, 1.54) is 0 Å². The van der Waals surface area contributed by atoms with Crippen LogP contribution in [-0.2, 0) is 14.8 Å². The van der Waals surface area contributed by atoms with Gasteiger partial charge in [0.15, 0.2) is 0 Å². The second kappa shape index (κ2) is 8.21. The molecule has 1 atom stereocenters. The molecule has 0 heterocycles. The number of benzene rings is 1. The molecule has 120 valence electrons. The molecule has 0 spiro atoms. The molecule has 6 nitrogen and oxygen atoms in total. The van der Waals surface area contributed by atoms with Crippen LogP contribution in [0.5, 0.6) is 0 Å². The number of carbonyl (C=O) groups is 1. The summed E-state index contributed by atoms with van der Waals surface area (Å²) in [5, 5.41) is 2.69. The number of halogens is 1. The summed E-state index contributed by atoms with van der Waals surface area (Å²) in [6.07, 6.45) is 0.